The van der Waals surface area contributed by atoms with Gasteiger partial charge in [0.05, 0.1) is 10.6 Å². The van der Waals surface area contributed by atoms with Crippen molar-refractivity contribution in [1.29, 1.82) is 0 Å². The van der Waals surface area contributed by atoms with Crippen molar-refractivity contribution in [3.8, 4) is 11.5 Å². The molecule has 5 nitrogen and oxygen atoms in total. The smallest absolute Gasteiger partial charge is 0.266 e. The van der Waals surface area contributed by atoms with Gasteiger partial charge in [-0.3, -0.25) is 9.69 Å². The lowest BCUT2D eigenvalue weighted by Gasteiger charge is -2.12. The van der Waals surface area contributed by atoms with Gasteiger partial charge in [0.15, 0.2) is 16.7 Å². The Hall–Kier alpha value is -2.73. The molecule has 0 bridgehead atoms. The van der Waals surface area contributed by atoms with Gasteiger partial charge in [-0.1, -0.05) is 23.8 Å². The molecule has 1 fully saturated rings. The Bertz CT molecular complexity index is 919. The topological polar surface area (TPSA) is 51.1 Å². The second-order valence-electron chi connectivity index (χ2n) is 6.00. The maximum Gasteiger partial charge on any atom is 0.266 e. The fourth-order valence-corrected chi connectivity index (χ4v) is 3.82. The first-order valence-electron chi connectivity index (χ1n) is 8.40. The minimum atomic E-state index is -0.0268. The Morgan fingerprint density at radius 3 is 2.69 bits per heavy atom. The lowest BCUT2D eigenvalue weighted by atomic mass is 10.2. The van der Waals surface area contributed by atoms with Crippen molar-refractivity contribution in [2.24, 2.45) is 4.99 Å². The van der Waals surface area contributed by atoms with Crippen LogP contribution in [0.15, 0.2) is 52.4 Å². The van der Waals surface area contributed by atoms with Gasteiger partial charge in [0.1, 0.15) is 0 Å². The molecule has 132 valence electrons. The largest absolute Gasteiger partial charge is 0.454 e. The highest BCUT2D eigenvalue weighted by Gasteiger charge is 2.32. The Kier molecular flexibility index (Phi) is 4.42. The van der Waals surface area contributed by atoms with Crippen LogP contribution in [0.3, 0.4) is 0 Å². The third-order valence-electron chi connectivity index (χ3n) is 4.16. The summed E-state index contributed by atoms with van der Waals surface area (Å²) in [6, 6.07) is 13.6. The number of benzene rings is 2. The normalized spacial score (nSPS) is 19.0. The molecule has 2 aromatic rings. The molecule has 0 spiro atoms. The molecule has 1 amide bonds. The van der Waals surface area contributed by atoms with E-state index < -0.39 is 0 Å². The molecular formula is C20H18N2O3S. The number of aryl methyl sites for hydroxylation is 1. The quantitative estimate of drug-likeness (QED) is 0.758. The zero-order valence-electron chi connectivity index (χ0n) is 14.6. The van der Waals surface area contributed by atoms with Crippen LogP contribution in [0.5, 0.6) is 11.5 Å². The fraction of sp³-hybridized carbons (Fsp3) is 0.200. The Morgan fingerprint density at radius 2 is 1.92 bits per heavy atom. The van der Waals surface area contributed by atoms with E-state index in [0.717, 1.165) is 17.0 Å². The number of fused-ring (bicyclic) bond motifs is 1. The number of carbonyl (C=O) groups is 1. The molecule has 4 rings (SSSR count). The Balaban J connectivity index is 1.64. The molecule has 0 saturated carbocycles. The summed E-state index contributed by atoms with van der Waals surface area (Å²) in [5.74, 6) is 1.41. The van der Waals surface area contributed by atoms with Crippen LogP contribution in [0.4, 0.5) is 5.69 Å². The molecule has 26 heavy (non-hydrogen) atoms. The number of hydrogen-bond acceptors (Lipinski definition) is 5. The van der Waals surface area contributed by atoms with E-state index in [0.29, 0.717) is 22.4 Å². The van der Waals surface area contributed by atoms with Crippen LogP contribution < -0.4 is 9.47 Å². The van der Waals surface area contributed by atoms with Gasteiger partial charge in [0, 0.05) is 6.54 Å². The van der Waals surface area contributed by atoms with Crippen molar-refractivity contribution in [2.45, 2.75) is 13.8 Å². The number of carbonyl (C=O) groups excluding carboxylic acids is 1. The van der Waals surface area contributed by atoms with Gasteiger partial charge in [0.25, 0.3) is 5.91 Å². The second kappa shape index (κ2) is 6.88. The molecule has 0 radical (unpaired) electrons. The summed E-state index contributed by atoms with van der Waals surface area (Å²) in [4.78, 5) is 19.7. The van der Waals surface area contributed by atoms with Gasteiger partial charge in [-0.05, 0) is 61.5 Å². The minimum Gasteiger partial charge on any atom is -0.454 e. The molecule has 0 unspecified atom stereocenters. The number of aliphatic imine (C=N–C) groups is 1. The summed E-state index contributed by atoms with van der Waals surface area (Å²) in [7, 11) is 0. The molecule has 2 heterocycles. The number of amides is 1. The number of hydrogen-bond donors (Lipinski definition) is 0. The van der Waals surface area contributed by atoms with Crippen LogP contribution in [0, 0.1) is 6.92 Å². The number of amidine groups is 1. The number of rotatable bonds is 3. The molecule has 0 aromatic heterocycles. The van der Waals surface area contributed by atoms with Crippen LogP contribution in [0.2, 0.25) is 0 Å². The van der Waals surface area contributed by atoms with Gasteiger partial charge < -0.3 is 9.47 Å². The summed E-state index contributed by atoms with van der Waals surface area (Å²) in [5.41, 5.74) is 2.92. The summed E-state index contributed by atoms with van der Waals surface area (Å²) >= 11 is 1.39. The Morgan fingerprint density at radius 1 is 1.15 bits per heavy atom. The molecule has 1 saturated heterocycles. The van der Waals surface area contributed by atoms with E-state index in [-0.39, 0.29) is 12.7 Å². The zero-order valence-corrected chi connectivity index (χ0v) is 15.4. The van der Waals surface area contributed by atoms with Crippen LogP contribution >= 0.6 is 11.8 Å². The van der Waals surface area contributed by atoms with Crippen molar-refractivity contribution >= 4 is 34.6 Å². The number of thioether (sulfide) groups is 1. The van der Waals surface area contributed by atoms with E-state index in [1.807, 2.05) is 62.4 Å². The summed E-state index contributed by atoms with van der Waals surface area (Å²) in [6.45, 7) is 4.80. The van der Waals surface area contributed by atoms with Crippen molar-refractivity contribution in [3.05, 3.63) is 58.5 Å². The van der Waals surface area contributed by atoms with Crippen LogP contribution in [-0.2, 0) is 4.79 Å². The maximum atomic E-state index is 12.7. The van der Waals surface area contributed by atoms with Gasteiger partial charge in [-0.2, -0.15) is 0 Å². The van der Waals surface area contributed by atoms with E-state index in [2.05, 4.69) is 4.99 Å². The van der Waals surface area contributed by atoms with Crippen molar-refractivity contribution < 1.29 is 14.3 Å². The maximum absolute atomic E-state index is 12.7. The lowest BCUT2D eigenvalue weighted by Crippen LogP contribution is -2.28. The number of nitrogens with zero attached hydrogens (tertiary/aromatic N) is 2. The molecule has 0 atom stereocenters. The molecular weight excluding hydrogens is 348 g/mol. The Labute approximate surface area is 156 Å². The van der Waals surface area contributed by atoms with Gasteiger partial charge in [-0.25, -0.2) is 4.99 Å². The molecule has 0 N–H and O–H groups in total. The molecule has 2 aliphatic heterocycles. The highest BCUT2D eigenvalue weighted by Crippen LogP contribution is 2.37. The second-order valence-corrected chi connectivity index (χ2v) is 7.01. The van der Waals surface area contributed by atoms with E-state index >= 15 is 0 Å². The third kappa shape index (κ3) is 3.20. The van der Waals surface area contributed by atoms with E-state index in [1.54, 1.807) is 4.90 Å². The fourth-order valence-electron chi connectivity index (χ4n) is 2.75. The predicted molar refractivity (Wildman–Crippen MR) is 104 cm³/mol. The molecule has 0 aliphatic carbocycles. The average molecular weight is 366 g/mol. The van der Waals surface area contributed by atoms with Crippen LogP contribution in [0.1, 0.15) is 18.1 Å². The average Bonchev–Trinajstić information content (AvgIpc) is 3.21. The standard InChI is InChI=1S/C20H18N2O3S/c1-3-22-19(23)18(11-14-6-9-16-17(10-14)25-12-24-16)26-20(22)21-15-7-4-13(2)5-8-15/h4-11H,3,12H2,1-2H3/b18-11+,21-20?. The third-order valence-corrected chi connectivity index (χ3v) is 5.16. The van der Waals surface area contributed by atoms with Crippen molar-refractivity contribution in [1.82, 2.24) is 4.90 Å². The van der Waals surface area contributed by atoms with Crippen molar-refractivity contribution in [2.75, 3.05) is 13.3 Å². The monoisotopic (exact) mass is 366 g/mol. The highest BCUT2D eigenvalue weighted by molar-refractivity contribution is 8.18. The summed E-state index contributed by atoms with van der Waals surface area (Å²) in [5, 5.41) is 0.702. The predicted octanol–water partition coefficient (Wildman–Crippen LogP) is 4.35. The lowest BCUT2D eigenvalue weighted by molar-refractivity contribution is -0.122. The first-order chi connectivity index (χ1) is 12.6. The van der Waals surface area contributed by atoms with Gasteiger partial charge in [0.2, 0.25) is 6.79 Å². The first-order valence-corrected chi connectivity index (χ1v) is 9.22. The summed E-state index contributed by atoms with van der Waals surface area (Å²) < 4.78 is 10.7. The number of likely N-dealkylation sites (N-methyl/N-ethyl adjacent to an activating group) is 1. The number of ether oxygens (including phenoxy) is 2. The molecule has 2 aliphatic rings. The zero-order chi connectivity index (χ0) is 18.1. The molecule has 2 aromatic carbocycles. The van der Waals surface area contributed by atoms with E-state index in [9.17, 15) is 4.79 Å². The van der Waals surface area contributed by atoms with Gasteiger partial charge >= 0.3 is 0 Å². The van der Waals surface area contributed by atoms with Gasteiger partial charge in [-0.15, -0.1) is 0 Å². The highest BCUT2D eigenvalue weighted by atomic mass is 32.2. The van der Waals surface area contributed by atoms with Crippen molar-refractivity contribution in [3.63, 3.8) is 0 Å². The minimum absolute atomic E-state index is 0.0268. The van der Waals surface area contributed by atoms with E-state index in [4.69, 9.17) is 9.47 Å². The van der Waals surface area contributed by atoms with E-state index in [1.165, 1.54) is 17.3 Å². The first kappa shape index (κ1) is 16.7. The summed E-state index contributed by atoms with van der Waals surface area (Å²) in [6.07, 6.45) is 1.87. The SMILES string of the molecule is CCN1C(=O)/C(=C\c2ccc3c(c2)OCO3)SC1=Nc1ccc(C)cc1. The van der Waals surface area contributed by atoms with Crippen LogP contribution in [0.25, 0.3) is 6.08 Å². The molecule has 6 heteroatoms. The van der Waals surface area contributed by atoms with Crippen LogP contribution in [-0.4, -0.2) is 29.3 Å².